The molecule has 6 aromatic rings. The maximum absolute atomic E-state index is 13.1. The molecule has 1 saturated heterocycles. The van der Waals surface area contributed by atoms with Gasteiger partial charge in [0.2, 0.25) is 5.91 Å². The summed E-state index contributed by atoms with van der Waals surface area (Å²) in [6, 6.07) is 38.9. The van der Waals surface area contributed by atoms with Gasteiger partial charge in [0.05, 0.1) is 32.6 Å². The van der Waals surface area contributed by atoms with E-state index < -0.39 is 48.9 Å². The lowest BCUT2D eigenvalue weighted by atomic mass is 9.87. The van der Waals surface area contributed by atoms with Crippen molar-refractivity contribution >= 4 is 57.9 Å². The minimum absolute atomic E-state index is 0.0276. The van der Waals surface area contributed by atoms with Crippen LogP contribution in [0.4, 0.5) is 10.6 Å². The highest BCUT2D eigenvalue weighted by atomic mass is 31.2. The van der Waals surface area contributed by atoms with E-state index in [1.807, 2.05) is 103 Å². The number of rotatable bonds is 15. The Hall–Kier alpha value is -6.21. The summed E-state index contributed by atoms with van der Waals surface area (Å²) < 4.78 is 31.1. The topological polar surface area (TPSA) is 182 Å². The Balaban J connectivity index is 1.08. The van der Waals surface area contributed by atoms with Crippen molar-refractivity contribution in [2.45, 2.75) is 76.2 Å². The van der Waals surface area contributed by atoms with Crippen LogP contribution in [0, 0.1) is 11.8 Å². The maximum atomic E-state index is 13.1. The molecular weight excluding hydrogens is 806 g/mol. The molecule has 62 heavy (non-hydrogen) atoms. The first-order valence-electron chi connectivity index (χ1n) is 20.7. The summed E-state index contributed by atoms with van der Waals surface area (Å²) in [5.41, 5.74) is 7.98. The van der Waals surface area contributed by atoms with Crippen LogP contribution in [-0.2, 0) is 35.1 Å². The van der Waals surface area contributed by atoms with Gasteiger partial charge in [-0.25, -0.2) is 29.3 Å². The Kier molecular flexibility index (Phi) is 12.6. The average molecular weight is 856 g/mol. The number of methoxy groups -OCH3 is 1. The molecule has 1 saturated carbocycles. The van der Waals surface area contributed by atoms with Crippen LogP contribution in [0.1, 0.15) is 51.1 Å². The van der Waals surface area contributed by atoms with E-state index in [4.69, 9.17) is 44.4 Å². The number of nitrogens with zero attached hydrogens (tertiary/aromatic N) is 5. The zero-order chi connectivity index (χ0) is 43.3. The molecule has 6 atom stereocenters. The Morgan fingerprint density at radius 2 is 1.42 bits per heavy atom. The maximum Gasteiger partial charge on any atom is 0.408 e. The van der Waals surface area contributed by atoms with E-state index in [-0.39, 0.29) is 37.5 Å². The number of nitrogens with two attached hydrogens (primary N) is 1. The second-order valence-electron chi connectivity index (χ2n) is 16.1. The number of carbonyl (C=O) groups is 3. The number of hydrogen-bond donors (Lipinski definition) is 2. The predicted octanol–water partition coefficient (Wildman–Crippen LogP) is 6.46. The molecular formula is C47H50N7O7P. The van der Waals surface area contributed by atoms with Gasteiger partial charge in [0.25, 0.3) is 0 Å². The largest absolute Gasteiger partial charge is 0.467 e. The highest BCUT2D eigenvalue weighted by Gasteiger charge is 2.55. The number of fused-ring (bicyclic) bond motifs is 2. The smallest absolute Gasteiger partial charge is 0.408 e. The van der Waals surface area contributed by atoms with Gasteiger partial charge in [0.1, 0.15) is 25.1 Å². The average Bonchev–Trinajstić information content (AvgIpc) is 3.97. The zero-order valence-corrected chi connectivity index (χ0v) is 35.7. The molecule has 4 aromatic carbocycles. The van der Waals surface area contributed by atoms with Crippen LogP contribution in [0.3, 0.4) is 0 Å². The first-order valence-corrected chi connectivity index (χ1v) is 22.5. The minimum atomic E-state index is -2.67. The Morgan fingerprint density at radius 1 is 0.839 bits per heavy atom. The number of primary amides is 1. The Morgan fingerprint density at radius 3 is 2.00 bits per heavy atom. The zero-order valence-electron chi connectivity index (χ0n) is 34.8. The quantitative estimate of drug-likeness (QED) is 0.0860. The summed E-state index contributed by atoms with van der Waals surface area (Å²) >= 11 is 0. The number of aromatic nitrogens is 4. The molecule has 2 fully saturated rings. The summed E-state index contributed by atoms with van der Waals surface area (Å²) in [5, 5.41) is 5.82. The van der Waals surface area contributed by atoms with Crippen molar-refractivity contribution < 1.29 is 33.3 Å². The molecule has 0 radical (unpaired) electrons. The number of esters is 1. The standard InChI is InChI=1S/C47H50N7O7P/c1-47(2)60-40-33(26-32(42(48)55)24-25-37(45(56)58-3)52-46(57)59-28-31-16-8-4-9-17-31)27-38(41(40)61-47)54-30-51-39-43(49-29-50-44(39)54)53-62(34-18-10-5-11-19-34,35-20-12-6-13-21-35)36-22-14-7-15-23-36/h4-23,29-30,32-33,37-38,40-41H,24-28H2,1-3H3,(H2,48,55)(H,52,57)/t32-,33-,37-,38+,40+,41-/m0/s1. The van der Waals surface area contributed by atoms with Gasteiger partial charge in [0, 0.05) is 21.8 Å². The van der Waals surface area contributed by atoms with Crippen LogP contribution >= 0.6 is 7.05 Å². The summed E-state index contributed by atoms with van der Waals surface area (Å²) in [5.74, 6) is -2.42. The van der Waals surface area contributed by atoms with E-state index in [0.29, 0.717) is 29.8 Å². The number of ether oxygens (including phenoxy) is 4. The van der Waals surface area contributed by atoms with Gasteiger partial charge in [-0.2, -0.15) is 0 Å². The van der Waals surface area contributed by atoms with Crippen molar-refractivity contribution in [2.75, 3.05) is 7.11 Å². The van der Waals surface area contributed by atoms with Gasteiger partial charge in [-0.15, -0.1) is 0 Å². The molecule has 15 heteroatoms. The van der Waals surface area contributed by atoms with Crippen LogP contribution in [0.5, 0.6) is 0 Å². The van der Waals surface area contributed by atoms with Gasteiger partial charge < -0.3 is 34.6 Å². The van der Waals surface area contributed by atoms with Gasteiger partial charge in [-0.3, -0.25) is 4.79 Å². The van der Waals surface area contributed by atoms with Crippen molar-refractivity contribution in [1.29, 1.82) is 0 Å². The van der Waals surface area contributed by atoms with Crippen molar-refractivity contribution in [3.63, 3.8) is 0 Å². The fourth-order valence-corrected chi connectivity index (χ4v) is 12.3. The first kappa shape index (κ1) is 42.5. The third-order valence-corrected chi connectivity index (χ3v) is 15.3. The van der Waals surface area contributed by atoms with Crippen molar-refractivity contribution in [3.05, 3.63) is 140 Å². The lowest BCUT2D eigenvalue weighted by molar-refractivity contribution is -0.161. The lowest BCUT2D eigenvalue weighted by Crippen LogP contribution is -2.42. The summed E-state index contributed by atoms with van der Waals surface area (Å²) in [6.07, 6.45) is 2.97. The molecule has 0 unspecified atom stereocenters. The van der Waals surface area contributed by atoms with E-state index in [0.717, 1.165) is 21.5 Å². The van der Waals surface area contributed by atoms with Crippen LogP contribution < -0.4 is 27.0 Å². The number of hydrogen-bond acceptors (Lipinski definition) is 11. The molecule has 8 rings (SSSR count). The van der Waals surface area contributed by atoms with Crippen molar-refractivity contribution in [1.82, 2.24) is 24.8 Å². The van der Waals surface area contributed by atoms with E-state index in [1.165, 1.54) is 13.4 Å². The molecule has 3 N–H and O–H groups in total. The summed E-state index contributed by atoms with van der Waals surface area (Å²) in [6.45, 7) is 3.78. The normalized spacial score (nSPS) is 20.2. The third kappa shape index (κ3) is 8.90. The van der Waals surface area contributed by atoms with E-state index >= 15 is 0 Å². The van der Waals surface area contributed by atoms with Crippen molar-refractivity contribution in [2.24, 2.45) is 22.3 Å². The number of benzene rings is 4. The summed E-state index contributed by atoms with van der Waals surface area (Å²) in [7, 11) is -1.43. The molecule has 0 bridgehead atoms. The van der Waals surface area contributed by atoms with Gasteiger partial charge in [0.15, 0.2) is 22.8 Å². The molecule has 2 aromatic heterocycles. The number of nitrogens with one attached hydrogen (secondary N) is 1. The Labute approximate surface area is 360 Å². The second-order valence-corrected chi connectivity index (χ2v) is 19.1. The Bertz CT molecular complexity index is 2460. The molecule has 320 valence electrons. The molecule has 1 aliphatic heterocycles. The third-order valence-electron chi connectivity index (χ3n) is 11.7. The van der Waals surface area contributed by atoms with Gasteiger partial charge in [-0.1, -0.05) is 121 Å². The molecule has 14 nitrogen and oxygen atoms in total. The minimum Gasteiger partial charge on any atom is -0.467 e. The van der Waals surface area contributed by atoms with Crippen LogP contribution in [0.25, 0.3) is 11.2 Å². The molecule has 2 aliphatic rings. The number of carbonyl (C=O) groups excluding carboxylic acids is 3. The summed E-state index contributed by atoms with van der Waals surface area (Å²) in [4.78, 5) is 53.1. The van der Waals surface area contributed by atoms with Crippen LogP contribution in [-0.4, -0.2) is 68.6 Å². The molecule has 3 heterocycles. The highest BCUT2D eigenvalue weighted by molar-refractivity contribution is 7.87. The molecule has 2 amide bonds. The lowest BCUT2D eigenvalue weighted by Gasteiger charge is -2.26. The van der Waals surface area contributed by atoms with Gasteiger partial charge >= 0.3 is 12.1 Å². The van der Waals surface area contributed by atoms with Crippen molar-refractivity contribution in [3.8, 4) is 0 Å². The second kappa shape index (κ2) is 18.4. The number of amides is 2. The fourth-order valence-electron chi connectivity index (χ4n) is 8.82. The van der Waals surface area contributed by atoms with E-state index in [1.54, 1.807) is 6.33 Å². The van der Waals surface area contributed by atoms with Gasteiger partial charge in [-0.05, 0) is 51.0 Å². The molecule has 1 aliphatic carbocycles. The number of alkyl carbamates (subject to hydrolysis) is 1. The first-order chi connectivity index (χ1) is 30.1. The highest BCUT2D eigenvalue weighted by Crippen LogP contribution is 2.52. The van der Waals surface area contributed by atoms with Crippen LogP contribution in [0.15, 0.2) is 139 Å². The predicted molar refractivity (Wildman–Crippen MR) is 236 cm³/mol. The molecule has 0 spiro atoms. The van der Waals surface area contributed by atoms with E-state index in [9.17, 15) is 14.4 Å². The number of imidazole rings is 1. The SMILES string of the molecule is COC(=O)[C@H](CC[C@@H](C[C@H]1C[C@@H](n2cnc3c(N=P(c4ccccc4)(c4ccccc4)c4ccccc4)ncnc32)[C@@H]2OC(C)(C)O[C@H]12)C(N)=O)NC(=O)OCc1ccccc1. The fraction of sp³-hybridized carbons (Fsp3) is 0.319. The van der Waals surface area contributed by atoms with Crippen LogP contribution in [0.2, 0.25) is 0 Å². The monoisotopic (exact) mass is 855 g/mol. The van der Waals surface area contributed by atoms with E-state index in [2.05, 4.69) is 41.7 Å².